The van der Waals surface area contributed by atoms with Gasteiger partial charge in [-0.15, -0.1) is 0 Å². The second kappa shape index (κ2) is 9.26. The second-order valence-corrected chi connectivity index (χ2v) is 11.9. The lowest BCUT2D eigenvalue weighted by molar-refractivity contribution is 0.229. The fraction of sp³-hybridized carbons (Fsp3) is 0.292. The van der Waals surface area contributed by atoms with E-state index < -0.39 is 8.32 Å². The number of benzene rings is 2. The van der Waals surface area contributed by atoms with Crippen molar-refractivity contribution < 1.29 is 8.82 Å². The molecule has 2 nitrogen and oxygen atoms in total. The molecule has 1 atom stereocenters. The zero-order chi connectivity index (χ0) is 20.0. The Morgan fingerprint density at radius 3 is 2.07 bits per heavy atom. The number of rotatable bonds is 8. The predicted octanol–water partition coefficient (Wildman–Crippen LogP) is 7.00. The van der Waals surface area contributed by atoms with Gasteiger partial charge in [-0.1, -0.05) is 63.2 Å². The van der Waals surface area contributed by atoms with Crippen LogP contribution < -0.4 is 0 Å². The highest BCUT2D eigenvalue weighted by molar-refractivity contribution is 6.73. The molecule has 0 aliphatic carbocycles. The lowest BCUT2D eigenvalue weighted by Gasteiger charge is -2.34. The molecule has 28 heavy (non-hydrogen) atoms. The summed E-state index contributed by atoms with van der Waals surface area (Å²) >= 11 is 0. The van der Waals surface area contributed by atoms with Crippen LogP contribution in [0, 0.1) is 5.82 Å². The zero-order valence-electron chi connectivity index (χ0n) is 16.9. The minimum Gasteiger partial charge on any atom is -0.406 e. The number of hydrogen-bond acceptors (Lipinski definition) is 2. The zero-order valence-corrected chi connectivity index (χ0v) is 17.9. The van der Waals surface area contributed by atoms with Gasteiger partial charge in [0.15, 0.2) is 8.32 Å². The van der Waals surface area contributed by atoms with E-state index in [2.05, 4.69) is 44.0 Å². The first kappa shape index (κ1) is 20.4. The highest BCUT2D eigenvalue weighted by Gasteiger charge is 2.33. The highest BCUT2D eigenvalue weighted by atomic mass is 28.4. The average molecular weight is 394 g/mol. The first-order valence-electron chi connectivity index (χ1n) is 10.0. The summed E-state index contributed by atoms with van der Waals surface area (Å²) in [6, 6.07) is 22.2. The molecule has 3 rings (SSSR count). The summed E-state index contributed by atoms with van der Waals surface area (Å²) < 4.78 is 20.4. The van der Waals surface area contributed by atoms with Crippen LogP contribution >= 0.6 is 0 Å². The van der Waals surface area contributed by atoms with E-state index in [-0.39, 0.29) is 11.9 Å². The van der Waals surface area contributed by atoms with Gasteiger partial charge in [0.1, 0.15) is 5.82 Å². The van der Waals surface area contributed by atoms with Gasteiger partial charge in [0.05, 0.1) is 6.10 Å². The molecule has 0 bridgehead atoms. The maximum Gasteiger partial charge on any atom is 0.193 e. The van der Waals surface area contributed by atoms with E-state index >= 15 is 0 Å². The quantitative estimate of drug-likeness (QED) is 0.384. The summed E-state index contributed by atoms with van der Waals surface area (Å²) in [5.74, 6) is -0.233. The molecule has 1 unspecified atom stereocenters. The van der Waals surface area contributed by atoms with Gasteiger partial charge < -0.3 is 4.43 Å². The van der Waals surface area contributed by atoms with Crippen molar-refractivity contribution in [1.29, 1.82) is 0 Å². The fourth-order valence-electron chi connectivity index (χ4n) is 3.61. The lowest BCUT2D eigenvalue weighted by Crippen LogP contribution is -2.37. The van der Waals surface area contributed by atoms with Crippen molar-refractivity contribution >= 4 is 8.32 Å². The molecule has 1 aromatic heterocycles. The molecule has 0 radical (unpaired) electrons. The molecule has 0 aliphatic heterocycles. The van der Waals surface area contributed by atoms with Crippen LogP contribution in [0.1, 0.15) is 38.0 Å². The number of aromatic nitrogens is 1. The van der Waals surface area contributed by atoms with Crippen molar-refractivity contribution in [2.75, 3.05) is 0 Å². The Balaban J connectivity index is 2.05. The van der Waals surface area contributed by atoms with Crippen LogP contribution in [0.25, 0.3) is 11.1 Å². The molecule has 3 aromatic rings. The molecule has 146 valence electrons. The summed E-state index contributed by atoms with van der Waals surface area (Å²) in [5, 5.41) is 0. The largest absolute Gasteiger partial charge is 0.406 e. The van der Waals surface area contributed by atoms with E-state index in [4.69, 9.17) is 4.43 Å². The molecule has 0 saturated carbocycles. The maximum absolute atomic E-state index is 13.5. The number of hydrogen-bond donors (Lipinski definition) is 0. The normalized spacial score (nSPS) is 12.7. The van der Waals surface area contributed by atoms with Crippen molar-refractivity contribution in [2.45, 2.75) is 45.0 Å². The Hall–Kier alpha value is -2.30. The Morgan fingerprint density at radius 2 is 1.46 bits per heavy atom. The summed E-state index contributed by atoms with van der Waals surface area (Å²) in [7, 11) is -1.88. The molecule has 0 N–H and O–H groups in total. The van der Waals surface area contributed by atoms with Crippen molar-refractivity contribution in [1.82, 2.24) is 4.98 Å². The van der Waals surface area contributed by atoms with Gasteiger partial charge in [0.2, 0.25) is 0 Å². The van der Waals surface area contributed by atoms with Crippen molar-refractivity contribution in [3.8, 4) is 11.1 Å². The van der Waals surface area contributed by atoms with Gasteiger partial charge in [0.25, 0.3) is 0 Å². The minimum absolute atomic E-state index is 0.233. The van der Waals surface area contributed by atoms with Gasteiger partial charge in [-0.25, -0.2) is 4.39 Å². The Bertz CT molecular complexity index is 870. The van der Waals surface area contributed by atoms with E-state index in [1.54, 1.807) is 0 Å². The molecule has 0 aliphatic rings. The molecule has 4 heteroatoms. The SMILES string of the molecule is CC[Si](CC)(CC)OC(c1ccc(F)cc1)c1cncc(-c2ccccc2)c1. The molecule has 2 aromatic carbocycles. The van der Waals surface area contributed by atoms with Gasteiger partial charge in [-0.2, -0.15) is 0 Å². The summed E-state index contributed by atoms with van der Waals surface area (Å²) in [6.07, 6.45) is 3.52. The van der Waals surface area contributed by atoms with Gasteiger partial charge >= 0.3 is 0 Å². The van der Waals surface area contributed by atoms with E-state index in [0.29, 0.717) is 0 Å². The number of halogens is 1. The fourth-order valence-corrected chi connectivity index (χ4v) is 6.38. The topological polar surface area (TPSA) is 22.1 Å². The third-order valence-electron chi connectivity index (χ3n) is 5.64. The maximum atomic E-state index is 13.5. The highest BCUT2D eigenvalue weighted by Crippen LogP contribution is 2.35. The van der Waals surface area contributed by atoms with Crippen LogP contribution in [-0.4, -0.2) is 13.3 Å². The third kappa shape index (κ3) is 4.57. The smallest absolute Gasteiger partial charge is 0.193 e. The molecular weight excluding hydrogens is 365 g/mol. The summed E-state index contributed by atoms with van der Waals surface area (Å²) in [4.78, 5) is 4.49. The van der Waals surface area contributed by atoms with E-state index in [9.17, 15) is 4.39 Å². The third-order valence-corrected chi connectivity index (χ3v) is 10.2. The van der Waals surface area contributed by atoms with E-state index in [1.165, 1.54) is 12.1 Å². The van der Waals surface area contributed by atoms with Crippen LogP contribution in [0.5, 0.6) is 0 Å². The summed E-state index contributed by atoms with van der Waals surface area (Å²) in [5.41, 5.74) is 4.17. The van der Waals surface area contributed by atoms with Gasteiger partial charge in [-0.05, 0) is 47.5 Å². The molecule has 0 fully saturated rings. The average Bonchev–Trinajstić information content (AvgIpc) is 2.77. The van der Waals surface area contributed by atoms with Crippen LogP contribution in [0.15, 0.2) is 73.1 Å². The lowest BCUT2D eigenvalue weighted by atomic mass is 9.99. The molecular formula is C24H28FNOSi. The van der Waals surface area contributed by atoms with Crippen molar-refractivity contribution in [2.24, 2.45) is 0 Å². The Morgan fingerprint density at radius 1 is 0.821 bits per heavy atom. The number of nitrogens with zero attached hydrogens (tertiary/aromatic N) is 1. The molecule has 1 heterocycles. The van der Waals surface area contributed by atoms with E-state index in [1.807, 2.05) is 42.7 Å². The second-order valence-electron chi connectivity index (χ2n) is 7.17. The van der Waals surface area contributed by atoms with E-state index in [0.717, 1.165) is 40.4 Å². The Labute approximate surface area is 168 Å². The van der Waals surface area contributed by atoms with Crippen molar-refractivity contribution in [3.05, 3.63) is 90.0 Å². The molecule has 0 spiro atoms. The summed E-state index contributed by atoms with van der Waals surface area (Å²) in [6.45, 7) is 6.67. The van der Waals surface area contributed by atoms with Crippen molar-refractivity contribution in [3.63, 3.8) is 0 Å². The molecule has 0 amide bonds. The minimum atomic E-state index is -1.88. The standard InChI is InChI=1S/C24H28FNOSi/c1-4-28(5-2,6-3)27-24(20-12-14-23(25)15-13-20)22-16-21(17-26-18-22)19-10-8-7-9-11-19/h7-18,24H,4-6H2,1-3H3. The van der Waals surface area contributed by atoms with Crippen LogP contribution in [0.4, 0.5) is 4.39 Å². The molecule has 0 saturated heterocycles. The Kier molecular flexibility index (Phi) is 6.76. The van der Waals surface area contributed by atoms with Gasteiger partial charge in [-0.3, -0.25) is 4.98 Å². The monoisotopic (exact) mass is 393 g/mol. The first-order chi connectivity index (χ1) is 13.6. The first-order valence-corrected chi connectivity index (χ1v) is 12.6. The van der Waals surface area contributed by atoms with Crippen LogP contribution in [-0.2, 0) is 4.43 Å². The van der Waals surface area contributed by atoms with Gasteiger partial charge in [0, 0.05) is 23.5 Å². The number of pyridine rings is 1. The predicted molar refractivity (Wildman–Crippen MR) is 116 cm³/mol. The van der Waals surface area contributed by atoms with Crippen LogP contribution in [0.2, 0.25) is 18.1 Å². The van der Waals surface area contributed by atoms with Crippen LogP contribution in [0.3, 0.4) is 0 Å².